The van der Waals surface area contributed by atoms with Crippen LogP contribution in [-0.2, 0) is 11.3 Å². The second-order valence-electron chi connectivity index (χ2n) is 3.50. The summed E-state index contributed by atoms with van der Waals surface area (Å²) in [6, 6.07) is 5.65. The zero-order valence-corrected chi connectivity index (χ0v) is 9.43. The second-order valence-corrected chi connectivity index (χ2v) is 3.50. The van der Waals surface area contributed by atoms with Crippen LogP contribution in [0.4, 0.5) is 5.69 Å². The van der Waals surface area contributed by atoms with Crippen molar-refractivity contribution in [3.63, 3.8) is 0 Å². The Morgan fingerprint density at radius 1 is 1.38 bits per heavy atom. The van der Waals surface area contributed by atoms with Crippen molar-refractivity contribution in [2.24, 2.45) is 0 Å². The summed E-state index contributed by atoms with van der Waals surface area (Å²) in [5.74, 6) is 0.617. The van der Waals surface area contributed by atoms with Crippen molar-refractivity contribution < 1.29 is 9.47 Å². The lowest BCUT2D eigenvalue weighted by Gasteiger charge is -2.01. The van der Waals surface area contributed by atoms with Crippen LogP contribution in [0.2, 0.25) is 0 Å². The summed E-state index contributed by atoms with van der Waals surface area (Å²) in [6.45, 7) is 1.29. The van der Waals surface area contributed by atoms with Gasteiger partial charge in [-0.2, -0.15) is 0 Å². The molecule has 0 radical (unpaired) electrons. The number of nitrogen functional groups attached to an aromatic ring is 1. The Hall–Kier alpha value is -1.75. The number of anilines is 1. The maximum Gasteiger partial charge on any atom is 0.240 e. The lowest BCUT2D eigenvalue weighted by Crippen LogP contribution is -2.05. The Kier molecular flexibility index (Phi) is 2.96. The predicted molar refractivity (Wildman–Crippen MR) is 62.6 cm³/mol. The van der Waals surface area contributed by atoms with Gasteiger partial charge in [0, 0.05) is 12.8 Å². The molecule has 86 valence electrons. The number of aromatic nitrogens is 2. The summed E-state index contributed by atoms with van der Waals surface area (Å²) < 4.78 is 12.1. The van der Waals surface area contributed by atoms with Crippen LogP contribution in [0.5, 0.6) is 5.88 Å². The van der Waals surface area contributed by atoms with Gasteiger partial charge in [0.1, 0.15) is 0 Å². The van der Waals surface area contributed by atoms with Crippen LogP contribution in [-0.4, -0.2) is 30.6 Å². The zero-order valence-electron chi connectivity index (χ0n) is 9.43. The number of methoxy groups -OCH3 is 2. The van der Waals surface area contributed by atoms with E-state index in [1.54, 1.807) is 14.2 Å². The Labute approximate surface area is 93.7 Å². The van der Waals surface area contributed by atoms with Gasteiger partial charge in [0.2, 0.25) is 5.88 Å². The van der Waals surface area contributed by atoms with Gasteiger partial charge < -0.3 is 15.2 Å². The van der Waals surface area contributed by atoms with E-state index in [-0.39, 0.29) is 0 Å². The molecule has 2 rings (SSSR count). The van der Waals surface area contributed by atoms with Crippen LogP contribution < -0.4 is 10.5 Å². The number of fused-ring (bicyclic) bond motifs is 1. The fraction of sp³-hybridized carbons (Fsp3) is 0.364. The van der Waals surface area contributed by atoms with E-state index in [2.05, 4.69) is 5.10 Å². The third-order valence-electron chi connectivity index (χ3n) is 2.44. The van der Waals surface area contributed by atoms with Crippen molar-refractivity contribution in [2.45, 2.75) is 6.54 Å². The number of nitrogens with two attached hydrogens (primary N) is 1. The molecule has 5 nitrogen and oxygen atoms in total. The fourth-order valence-electron chi connectivity index (χ4n) is 1.66. The molecule has 5 heteroatoms. The SMILES string of the molecule is COCCn1nc(OC)c2ccc(N)cc21. The largest absolute Gasteiger partial charge is 0.479 e. The van der Waals surface area contributed by atoms with Crippen LogP contribution in [0, 0.1) is 0 Å². The molecule has 0 aliphatic carbocycles. The molecule has 1 heterocycles. The second kappa shape index (κ2) is 4.40. The Balaban J connectivity index is 2.50. The van der Waals surface area contributed by atoms with Crippen molar-refractivity contribution in [1.29, 1.82) is 0 Å². The highest BCUT2D eigenvalue weighted by Crippen LogP contribution is 2.26. The van der Waals surface area contributed by atoms with Gasteiger partial charge in [-0.15, -0.1) is 5.10 Å². The highest BCUT2D eigenvalue weighted by Gasteiger charge is 2.10. The molecule has 0 aliphatic rings. The molecule has 0 saturated heterocycles. The third-order valence-corrected chi connectivity index (χ3v) is 2.44. The summed E-state index contributed by atoms with van der Waals surface area (Å²) in [4.78, 5) is 0. The molecule has 1 aromatic carbocycles. The van der Waals surface area contributed by atoms with Crippen molar-refractivity contribution in [3.05, 3.63) is 18.2 Å². The first kappa shape index (κ1) is 10.8. The number of hydrogen-bond donors (Lipinski definition) is 1. The minimum absolute atomic E-state index is 0.606. The molecule has 0 saturated carbocycles. The summed E-state index contributed by atoms with van der Waals surface area (Å²) in [5.41, 5.74) is 7.44. The number of rotatable bonds is 4. The van der Waals surface area contributed by atoms with Gasteiger partial charge in [-0.1, -0.05) is 0 Å². The monoisotopic (exact) mass is 221 g/mol. The molecule has 0 spiro atoms. The van der Waals surface area contributed by atoms with Gasteiger partial charge in [0.05, 0.1) is 31.2 Å². The van der Waals surface area contributed by atoms with Gasteiger partial charge >= 0.3 is 0 Å². The van der Waals surface area contributed by atoms with Gasteiger partial charge in [0.25, 0.3) is 0 Å². The molecule has 0 amide bonds. The maximum absolute atomic E-state index is 5.76. The average Bonchev–Trinajstić information content (AvgIpc) is 2.64. The van der Waals surface area contributed by atoms with E-state index in [0.29, 0.717) is 24.7 Å². The van der Waals surface area contributed by atoms with E-state index in [0.717, 1.165) is 10.9 Å². The molecule has 0 atom stereocenters. The number of ether oxygens (including phenoxy) is 2. The molecular weight excluding hydrogens is 206 g/mol. The normalized spacial score (nSPS) is 10.9. The van der Waals surface area contributed by atoms with E-state index in [4.69, 9.17) is 15.2 Å². The fourth-order valence-corrected chi connectivity index (χ4v) is 1.66. The summed E-state index contributed by atoms with van der Waals surface area (Å²) >= 11 is 0. The van der Waals surface area contributed by atoms with Gasteiger partial charge in [0.15, 0.2) is 0 Å². The highest BCUT2D eigenvalue weighted by atomic mass is 16.5. The maximum atomic E-state index is 5.76. The molecular formula is C11H15N3O2. The molecule has 2 aromatic rings. The number of nitrogens with zero attached hydrogens (tertiary/aromatic N) is 2. The molecule has 0 bridgehead atoms. The lowest BCUT2D eigenvalue weighted by atomic mass is 10.2. The Bertz CT molecular complexity index is 493. The van der Waals surface area contributed by atoms with Crippen molar-refractivity contribution >= 4 is 16.6 Å². The van der Waals surface area contributed by atoms with Crippen LogP contribution in [0.3, 0.4) is 0 Å². The quantitative estimate of drug-likeness (QED) is 0.790. The first-order valence-electron chi connectivity index (χ1n) is 5.05. The number of hydrogen-bond acceptors (Lipinski definition) is 4. The molecule has 0 unspecified atom stereocenters. The zero-order chi connectivity index (χ0) is 11.5. The van der Waals surface area contributed by atoms with E-state index in [1.807, 2.05) is 22.9 Å². The standard InChI is InChI=1S/C11H15N3O2/c1-15-6-5-14-10-7-8(12)3-4-9(10)11(13-14)16-2/h3-4,7H,5-6,12H2,1-2H3. The van der Waals surface area contributed by atoms with Gasteiger partial charge in [-0.05, 0) is 18.2 Å². The minimum atomic E-state index is 0.606. The van der Waals surface area contributed by atoms with Crippen molar-refractivity contribution in [3.8, 4) is 5.88 Å². The van der Waals surface area contributed by atoms with E-state index < -0.39 is 0 Å². The van der Waals surface area contributed by atoms with Gasteiger partial charge in [-0.3, -0.25) is 4.68 Å². The van der Waals surface area contributed by atoms with Crippen LogP contribution in [0.1, 0.15) is 0 Å². The minimum Gasteiger partial charge on any atom is -0.479 e. The molecule has 0 fully saturated rings. The predicted octanol–water partition coefficient (Wildman–Crippen LogP) is 1.27. The average molecular weight is 221 g/mol. The van der Waals surface area contributed by atoms with Crippen LogP contribution in [0.25, 0.3) is 10.9 Å². The third kappa shape index (κ3) is 1.81. The molecule has 1 aromatic heterocycles. The highest BCUT2D eigenvalue weighted by molar-refractivity contribution is 5.87. The van der Waals surface area contributed by atoms with Crippen molar-refractivity contribution in [2.75, 3.05) is 26.6 Å². The van der Waals surface area contributed by atoms with Crippen molar-refractivity contribution in [1.82, 2.24) is 9.78 Å². The smallest absolute Gasteiger partial charge is 0.240 e. The Morgan fingerprint density at radius 3 is 2.88 bits per heavy atom. The summed E-state index contributed by atoms with van der Waals surface area (Å²) in [5, 5.41) is 5.31. The summed E-state index contributed by atoms with van der Waals surface area (Å²) in [6.07, 6.45) is 0. The van der Waals surface area contributed by atoms with E-state index in [1.165, 1.54) is 0 Å². The number of benzene rings is 1. The molecule has 2 N–H and O–H groups in total. The molecule has 0 aliphatic heterocycles. The lowest BCUT2D eigenvalue weighted by molar-refractivity contribution is 0.184. The van der Waals surface area contributed by atoms with Crippen LogP contribution in [0.15, 0.2) is 18.2 Å². The topological polar surface area (TPSA) is 62.3 Å². The van der Waals surface area contributed by atoms with Crippen LogP contribution >= 0.6 is 0 Å². The molecule has 16 heavy (non-hydrogen) atoms. The summed E-state index contributed by atoms with van der Waals surface area (Å²) in [7, 11) is 3.27. The first-order chi connectivity index (χ1) is 7.76. The van der Waals surface area contributed by atoms with Gasteiger partial charge in [-0.25, -0.2) is 0 Å². The Morgan fingerprint density at radius 2 is 2.19 bits per heavy atom. The van der Waals surface area contributed by atoms with E-state index in [9.17, 15) is 0 Å². The van der Waals surface area contributed by atoms with E-state index >= 15 is 0 Å². The first-order valence-corrected chi connectivity index (χ1v) is 5.05.